The molecule has 0 aromatic heterocycles. The molecule has 0 bridgehead atoms. The van der Waals surface area contributed by atoms with Crippen molar-refractivity contribution in [3.63, 3.8) is 0 Å². The summed E-state index contributed by atoms with van der Waals surface area (Å²) in [5.74, 6) is 0. The van der Waals surface area contributed by atoms with Crippen molar-refractivity contribution in [1.82, 2.24) is 4.31 Å². The molecule has 2 rings (SSSR count). The average molecular weight is 374 g/mol. The third kappa shape index (κ3) is 3.16. The third-order valence-electron chi connectivity index (χ3n) is 2.96. The van der Waals surface area contributed by atoms with E-state index in [2.05, 4.69) is 15.9 Å². The Morgan fingerprint density at radius 1 is 1.30 bits per heavy atom. The van der Waals surface area contributed by atoms with E-state index in [4.69, 9.17) is 0 Å². The molecule has 1 aliphatic rings. The third-order valence-corrected chi connectivity index (χ3v) is 5.26. The lowest BCUT2D eigenvalue weighted by Gasteiger charge is -2.17. The number of aliphatic hydroxyl groups excluding tert-OH is 1. The lowest BCUT2D eigenvalue weighted by molar-refractivity contribution is -0.137. The quantitative estimate of drug-likeness (QED) is 0.864. The van der Waals surface area contributed by atoms with Crippen molar-refractivity contribution in [1.29, 1.82) is 0 Å². The van der Waals surface area contributed by atoms with Crippen molar-refractivity contribution in [3.8, 4) is 0 Å². The standard InChI is InChI=1S/C11H11BrF3NO3S/c12-8-3-7(11(13,14)15)4-10(5-8)20(18,19)16-2-1-9(17)6-16/h3-5,9,17H,1-2,6H2. The van der Waals surface area contributed by atoms with E-state index >= 15 is 0 Å². The number of hydrogen-bond donors (Lipinski definition) is 1. The first-order chi connectivity index (χ1) is 9.10. The summed E-state index contributed by atoms with van der Waals surface area (Å²) in [5.41, 5.74) is -1.04. The van der Waals surface area contributed by atoms with Gasteiger partial charge in [0.2, 0.25) is 10.0 Å². The number of alkyl halides is 3. The van der Waals surface area contributed by atoms with Gasteiger partial charge < -0.3 is 5.11 Å². The molecule has 1 N–H and O–H groups in total. The number of aliphatic hydroxyl groups is 1. The van der Waals surface area contributed by atoms with Gasteiger partial charge in [-0.25, -0.2) is 8.42 Å². The number of hydrogen-bond acceptors (Lipinski definition) is 3. The SMILES string of the molecule is O=S(=O)(c1cc(Br)cc(C(F)(F)F)c1)N1CCC(O)C1. The maximum atomic E-state index is 12.7. The molecule has 4 nitrogen and oxygen atoms in total. The van der Waals surface area contributed by atoms with E-state index in [0.717, 1.165) is 16.4 Å². The van der Waals surface area contributed by atoms with Crippen LogP contribution in [0, 0.1) is 0 Å². The van der Waals surface area contributed by atoms with Gasteiger partial charge in [-0.3, -0.25) is 0 Å². The molecule has 1 aromatic carbocycles. The minimum atomic E-state index is -4.63. The molecule has 1 aliphatic heterocycles. The molecular weight excluding hydrogens is 363 g/mol. The Morgan fingerprint density at radius 3 is 2.45 bits per heavy atom. The minimum Gasteiger partial charge on any atom is -0.392 e. The summed E-state index contributed by atoms with van der Waals surface area (Å²) in [6.07, 6.45) is -5.13. The number of nitrogens with zero attached hydrogens (tertiary/aromatic N) is 1. The fraction of sp³-hybridized carbons (Fsp3) is 0.455. The number of halogens is 4. The van der Waals surface area contributed by atoms with E-state index in [0.29, 0.717) is 6.07 Å². The molecule has 0 amide bonds. The maximum Gasteiger partial charge on any atom is 0.416 e. The summed E-state index contributed by atoms with van der Waals surface area (Å²) in [4.78, 5) is -0.437. The number of β-amino-alcohol motifs (C(OH)–C–C–N with tert-alkyl or cyclic N) is 1. The summed E-state index contributed by atoms with van der Waals surface area (Å²) in [7, 11) is -4.03. The van der Waals surface area contributed by atoms with Gasteiger partial charge in [0.05, 0.1) is 16.6 Å². The number of sulfonamides is 1. The molecule has 0 aliphatic carbocycles. The van der Waals surface area contributed by atoms with Crippen LogP contribution in [0.5, 0.6) is 0 Å². The summed E-state index contributed by atoms with van der Waals surface area (Å²) >= 11 is 2.89. The Labute approximate surface area is 122 Å². The van der Waals surface area contributed by atoms with Crippen LogP contribution in [-0.4, -0.2) is 37.0 Å². The van der Waals surface area contributed by atoms with E-state index < -0.39 is 32.8 Å². The van der Waals surface area contributed by atoms with Crippen LogP contribution in [0.25, 0.3) is 0 Å². The fourth-order valence-electron chi connectivity index (χ4n) is 1.95. The van der Waals surface area contributed by atoms with Gasteiger partial charge in [0.1, 0.15) is 0 Å². The van der Waals surface area contributed by atoms with Crippen LogP contribution in [0.1, 0.15) is 12.0 Å². The fourth-order valence-corrected chi connectivity index (χ4v) is 4.16. The first-order valence-electron chi connectivity index (χ1n) is 5.67. The smallest absolute Gasteiger partial charge is 0.392 e. The molecule has 0 spiro atoms. The van der Waals surface area contributed by atoms with Crippen molar-refractivity contribution in [2.45, 2.75) is 23.6 Å². The van der Waals surface area contributed by atoms with Gasteiger partial charge in [-0.2, -0.15) is 17.5 Å². The minimum absolute atomic E-state index is 0.0330. The van der Waals surface area contributed by atoms with Crippen LogP contribution in [0.4, 0.5) is 13.2 Å². The molecule has 1 heterocycles. The van der Waals surface area contributed by atoms with Crippen molar-refractivity contribution in [2.75, 3.05) is 13.1 Å². The van der Waals surface area contributed by atoms with Gasteiger partial charge >= 0.3 is 6.18 Å². The normalized spacial score (nSPS) is 21.4. The lowest BCUT2D eigenvalue weighted by Crippen LogP contribution is -2.30. The van der Waals surface area contributed by atoms with Gasteiger partial charge in [-0.1, -0.05) is 15.9 Å². The number of benzene rings is 1. The Balaban J connectivity index is 2.44. The van der Waals surface area contributed by atoms with Crippen LogP contribution in [-0.2, 0) is 16.2 Å². The summed E-state index contributed by atoms with van der Waals surface area (Å²) < 4.78 is 63.6. The van der Waals surface area contributed by atoms with Gasteiger partial charge in [-0.15, -0.1) is 0 Å². The highest BCUT2D eigenvalue weighted by molar-refractivity contribution is 9.10. The summed E-state index contributed by atoms with van der Waals surface area (Å²) in [6.45, 7) is -0.00639. The van der Waals surface area contributed by atoms with Gasteiger partial charge in [-0.05, 0) is 24.6 Å². The second kappa shape index (κ2) is 5.28. The summed E-state index contributed by atoms with van der Waals surface area (Å²) in [6, 6.07) is 2.54. The van der Waals surface area contributed by atoms with Crippen LogP contribution >= 0.6 is 15.9 Å². The van der Waals surface area contributed by atoms with Crippen LogP contribution in [0.15, 0.2) is 27.6 Å². The predicted octanol–water partition coefficient (Wildman–Crippen LogP) is 2.22. The molecule has 1 aromatic rings. The number of rotatable bonds is 2. The van der Waals surface area contributed by atoms with Crippen LogP contribution in [0.2, 0.25) is 0 Å². The highest BCUT2D eigenvalue weighted by Gasteiger charge is 2.35. The van der Waals surface area contributed by atoms with Gasteiger partial charge in [0.25, 0.3) is 0 Å². The second-order valence-electron chi connectivity index (χ2n) is 4.48. The zero-order valence-electron chi connectivity index (χ0n) is 10.1. The summed E-state index contributed by atoms with van der Waals surface area (Å²) in [5, 5.41) is 9.35. The zero-order chi connectivity index (χ0) is 15.1. The first kappa shape index (κ1) is 15.7. The largest absolute Gasteiger partial charge is 0.416 e. The molecular formula is C11H11BrF3NO3S. The zero-order valence-corrected chi connectivity index (χ0v) is 12.5. The van der Waals surface area contributed by atoms with Crippen LogP contribution < -0.4 is 0 Å². The van der Waals surface area contributed by atoms with E-state index in [1.807, 2.05) is 0 Å². The predicted molar refractivity (Wildman–Crippen MR) is 68.5 cm³/mol. The first-order valence-corrected chi connectivity index (χ1v) is 7.90. The van der Waals surface area contributed by atoms with E-state index in [-0.39, 0.29) is 24.0 Å². The van der Waals surface area contributed by atoms with Crippen molar-refractivity contribution in [3.05, 3.63) is 28.2 Å². The Morgan fingerprint density at radius 2 is 1.95 bits per heavy atom. The van der Waals surface area contributed by atoms with E-state index in [9.17, 15) is 26.7 Å². The molecule has 1 unspecified atom stereocenters. The highest BCUT2D eigenvalue weighted by Crippen LogP contribution is 2.34. The second-order valence-corrected chi connectivity index (χ2v) is 7.33. The van der Waals surface area contributed by atoms with Crippen molar-refractivity contribution >= 4 is 26.0 Å². The molecule has 9 heteroatoms. The molecule has 1 fully saturated rings. The Bertz CT molecular complexity index is 618. The van der Waals surface area contributed by atoms with E-state index in [1.54, 1.807) is 0 Å². The lowest BCUT2D eigenvalue weighted by atomic mass is 10.2. The molecule has 0 radical (unpaired) electrons. The molecule has 1 atom stereocenters. The van der Waals surface area contributed by atoms with Gasteiger partial charge in [0.15, 0.2) is 0 Å². The molecule has 0 saturated carbocycles. The average Bonchev–Trinajstić information content (AvgIpc) is 2.74. The van der Waals surface area contributed by atoms with Crippen molar-refractivity contribution in [2.24, 2.45) is 0 Å². The monoisotopic (exact) mass is 373 g/mol. The van der Waals surface area contributed by atoms with Gasteiger partial charge in [0, 0.05) is 17.6 Å². The molecule has 1 saturated heterocycles. The molecule has 112 valence electrons. The van der Waals surface area contributed by atoms with Crippen molar-refractivity contribution < 1.29 is 26.7 Å². The Kier molecular flexibility index (Phi) is 4.16. The topological polar surface area (TPSA) is 57.6 Å². The Hall–Kier alpha value is -0.640. The molecule has 20 heavy (non-hydrogen) atoms. The highest BCUT2D eigenvalue weighted by atomic mass is 79.9. The maximum absolute atomic E-state index is 12.7. The van der Waals surface area contributed by atoms with E-state index in [1.165, 1.54) is 0 Å². The van der Waals surface area contributed by atoms with Crippen LogP contribution in [0.3, 0.4) is 0 Å².